The lowest BCUT2D eigenvalue weighted by Crippen LogP contribution is -2.37. The summed E-state index contributed by atoms with van der Waals surface area (Å²) >= 11 is 0. The molecule has 168 valence electrons. The fraction of sp³-hybridized carbons (Fsp3) is 0.400. The zero-order valence-electron chi connectivity index (χ0n) is 17.2. The van der Waals surface area contributed by atoms with Crippen LogP contribution in [0.3, 0.4) is 0 Å². The largest absolute Gasteiger partial charge is 0.511 e. The van der Waals surface area contributed by atoms with E-state index in [4.69, 9.17) is 4.74 Å². The second-order valence-corrected chi connectivity index (χ2v) is 8.34. The molecule has 0 unspecified atom stereocenters. The molecule has 1 aromatic carbocycles. The fourth-order valence-electron chi connectivity index (χ4n) is 3.24. The number of ether oxygens (including phenoxy) is 1. The van der Waals surface area contributed by atoms with Gasteiger partial charge in [0.2, 0.25) is 0 Å². The Morgan fingerprint density at radius 2 is 1.84 bits per heavy atom. The van der Waals surface area contributed by atoms with Crippen molar-refractivity contribution in [1.29, 1.82) is 5.26 Å². The van der Waals surface area contributed by atoms with Gasteiger partial charge in [0.1, 0.15) is 11.8 Å². The van der Waals surface area contributed by atoms with Gasteiger partial charge in [-0.1, -0.05) is 31.2 Å². The third kappa shape index (κ3) is 5.08. The molecule has 0 spiro atoms. The fourth-order valence-corrected chi connectivity index (χ4v) is 3.77. The molecule has 2 rings (SSSR count). The molecule has 0 aliphatic heterocycles. The number of benzene rings is 1. The van der Waals surface area contributed by atoms with Crippen molar-refractivity contribution in [1.82, 2.24) is 9.29 Å². The Balaban J connectivity index is 2.34. The maximum Gasteiger partial charge on any atom is 0.511 e. The van der Waals surface area contributed by atoms with Gasteiger partial charge in [0.05, 0.1) is 12.2 Å². The van der Waals surface area contributed by atoms with Crippen LogP contribution in [0.5, 0.6) is 0 Å². The highest BCUT2D eigenvalue weighted by atomic mass is 32.2. The quantitative estimate of drug-likeness (QED) is 0.613. The van der Waals surface area contributed by atoms with Crippen LogP contribution >= 0.6 is 0 Å². The normalized spacial score (nSPS) is 11.9. The highest BCUT2D eigenvalue weighted by Gasteiger charge is 2.45. The van der Waals surface area contributed by atoms with Gasteiger partial charge in [-0.05, 0) is 30.9 Å². The van der Waals surface area contributed by atoms with E-state index in [0.29, 0.717) is 34.4 Å². The van der Waals surface area contributed by atoms with Crippen molar-refractivity contribution >= 4 is 16.0 Å². The molecule has 31 heavy (non-hydrogen) atoms. The molecule has 0 bridgehead atoms. The lowest BCUT2D eigenvalue weighted by molar-refractivity contribution is -0.0447. The van der Waals surface area contributed by atoms with Crippen molar-refractivity contribution in [2.45, 2.75) is 32.2 Å². The van der Waals surface area contributed by atoms with Crippen molar-refractivity contribution < 1.29 is 31.1 Å². The van der Waals surface area contributed by atoms with E-state index in [2.05, 4.69) is 6.07 Å². The Morgan fingerprint density at radius 3 is 2.32 bits per heavy atom. The average molecular weight is 457 g/mol. The maximum atomic E-state index is 12.5. The first kappa shape index (κ1) is 24.4. The lowest BCUT2D eigenvalue weighted by Gasteiger charge is -2.10. The number of nitriles is 1. The van der Waals surface area contributed by atoms with Crippen LogP contribution in [0.25, 0.3) is 11.1 Å². The van der Waals surface area contributed by atoms with Gasteiger partial charge in [0, 0.05) is 24.8 Å². The van der Waals surface area contributed by atoms with Crippen LogP contribution in [0.4, 0.5) is 13.2 Å². The Kier molecular flexibility index (Phi) is 7.51. The number of rotatable bonds is 8. The minimum atomic E-state index is -5.39. The lowest BCUT2D eigenvalue weighted by atomic mass is 9.98. The number of alkyl halides is 3. The number of hydrogen-bond donors (Lipinski definition) is 1. The number of aromatic nitrogens is 1. The first-order valence-corrected chi connectivity index (χ1v) is 10.9. The number of hydrogen-bond acceptors (Lipinski definition) is 5. The summed E-state index contributed by atoms with van der Waals surface area (Å²) in [5, 5.41) is 9.68. The van der Waals surface area contributed by atoms with Gasteiger partial charge in [0.25, 0.3) is 0 Å². The van der Waals surface area contributed by atoms with Crippen LogP contribution in [0.1, 0.15) is 41.2 Å². The molecule has 0 saturated carbocycles. The summed E-state index contributed by atoms with van der Waals surface area (Å²) in [5.41, 5.74) is -2.54. The van der Waals surface area contributed by atoms with E-state index < -0.39 is 28.0 Å². The predicted molar refractivity (Wildman–Crippen MR) is 108 cm³/mol. The molecule has 7 nitrogen and oxygen atoms in total. The molecular weight excluding hydrogens is 435 g/mol. The van der Waals surface area contributed by atoms with Crippen molar-refractivity contribution in [3.05, 3.63) is 46.8 Å². The number of nitrogens with one attached hydrogen (secondary N) is 1. The van der Waals surface area contributed by atoms with Crippen LogP contribution in [0, 0.1) is 11.3 Å². The van der Waals surface area contributed by atoms with E-state index in [-0.39, 0.29) is 18.7 Å². The third-order valence-electron chi connectivity index (χ3n) is 4.68. The number of carbonyl (C=O) groups excluding carboxylic acids is 1. The van der Waals surface area contributed by atoms with Gasteiger partial charge in [0.15, 0.2) is 0 Å². The van der Waals surface area contributed by atoms with E-state index in [1.54, 1.807) is 42.8 Å². The molecule has 1 aromatic heterocycles. The summed E-state index contributed by atoms with van der Waals surface area (Å²) in [4.78, 5) is 12.5. The highest BCUT2D eigenvalue weighted by Crippen LogP contribution is 2.33. The van der Waals surface area contributed by atoms with E-state index in [9.17, 15) is 31.6 Å². The topological polar surface area (TPSA) is 101 Å². The molecule has 0 saturated heterocycles. The zero-order valence-corrected chi connectivity index (χ0v) is 18.0. The molecule has 1 heterocycles. The Bertz CT molecular complexity index is 1100. The SMILES string of the molecule is CCOC(=O)c1c(-c2ccc(CCNS(=O)(=O)C(F)(F)F)cc2)c(C#N)c(CC)n1C. The average Bonchev–Trinajstić information content (AvgIpc) is 2.99. The smallest absolute Gasteiger partial charge is 0.461 e. The van der Waals surface area contributed by atoms with Gasteiger partial charge >= 0.3 is 21.5 Å². The van der Waals surface area contributed by atoms with Gasteiger partial charge in [-0.25, -0.2) is 17.9 Å². The number of esters is 1. The molecule has 2 aromatic rings. The number of nitrogens with zero attached hydrogens (tertiary/aromatic N) is 2. The molecule has 0 fully saturated rings. The summed E-state index contributed by atoms with van der Waals surface area (Å²) in [6.45, 7) is 3.28. The standard InChI is InChI=1S/C20H22F3N3O4S/c1-4-16-15(12-24)17(18(26(16)3)19(27)30-5-2)14-8-6-13(7-9-14)10-11-25-31(28,29)20(21,22)23/h6-9,25H,4-5,10-11H2,1-3H3. The number of sulfonamides is 1. The van der Waals surface area contributed by atoms with Gasteiger partial charge in [-0.3, -0.25) is 0 Å². The van der Waals surface area contributed by atoms with Crippen LogP contribution in [0.2, 0.25) is 0 Å². The van der Waals surface area contributed by atoms with Crippen LogP contribution < -0.4 is 4.72 Å². The van der Waals surface area contributed by atoms with E-state index in [1.807, 2.05) is 6.92 Å². The second kappa shape index (κ2) is 9.53. The Morgan fingerprint density at radius 1 is 1.23 bits per heavy atom. The number of carbonyl (C=O) groups is 1. The first-order chi connectivity index (χ1) is 14.5. The minimum absolute atomic E-state index is 0.0282. The Labute approximate surface area is 178 Å². The van der Waals surface area contributed by atoms with E-state index >= 15 is 0 Å². The first-order valence-electron chi connectivity index (χ1n) is 9.42. The van der Waals surface area contributed by atoms with Crippen molar-refractivity contribution in [2.24, 2.45) is 7.05 Å². The van der Waals surface area contributed by atoms with Crippen molar-refractivity contribution in [2.75, 3.05) is 13.2 Å². The van der Waals surface area contributed by atoms with Crippen molar-refractivity contribution in [3.63, 3.8) is 0 Å². The summed E-state index contributed by atoms with van der Waals surface area (Å²) in [7, 11) is -3.72. The second-order valence-electron chi connectivity index (χ2n) is 6.58. The summed E-state index contributed by atoms with van der Waals surface area (Å²) in [5.74, 6) is -0.568. The van der Waals surface area contributed by atoms with E-state index in [1.165, 1.54) is 4.72 Å². The monoisotopic (exact) mass is 457 g/mol. The molecule has 0 atom stereocenters. The third-order valence-corrected chi connectivity index (χ3v) is 5.88. The molecule has 11 heteroatoms. The predicted octanol–water partition coefficient (Wildman–Crippen LogP) is 3.28. The van der Waals surface area contributed by atoms with Crippen molar-refractivity contribution in [3.8, 4) is 17.2 Å². The Hall–Kier alpha value is -2.84. The summed E-state index contributed by atoms with van der Waals surface area (Å²) in [6, 6.07) is 8.61. The van der Waals surface area contributed by atoms with Crippen LogP contribution in [0.15, 0.2) is 24.3 Å². The molecule has 0 aliphatic rings. The summed E-state index contributed by atoms with van der Waals surface area (Å²) in [6.07, 6.45) is 0.545. The molecular formula is C20H22F3N3O4S. The molecule has 0 radical (unpaired) electrons. The summed E-state index contributed by atoms with van der Waals surface area (Å²) < 4.78 is 67.5. The number of halogens is 3. The van der Waals surface area contributed by atoms with Gasteiger partial charge < -0.3 is 9.30 Å². The molecule has 0 aliphatic carbocycles. The minimum Gasteiger partial charge on any atom is -0.461 e. The highest BCUT2D eigenvalue weighted by molar-refractivity contribution is 7.90. The molecule has 0 amide bonds. The molecule has 1 N–H and O–H groups in total. The van der Waals surface area contributed by atoms with E-state index in [0.717, 1.165) is 0 Å². The van der Waals surface area contributed by atoms with Crippen LogP contribution in [-0.4, -0.2) is 37.6 Å². The van der Waals surface area contributed by atoms with Crippen LogP contribution in [-0.2, 0) is 34.6 Å². The maximum absolute atomic E-state index is 12.5. The van der Waals surface area contributed by atoms with Gasteiger partial charge in [-0.15, -0.1) is 0 Å². The zero-order chi connectivity index (χ0) is 23.4. The van der Waals surface area contributed by atoms with Gasteiger partial charge in [-0.2, -0.15) is 18.4 Å².